The quantitative estimate of drug-likeness (QED) is 0.0338. The number of halogens is 3. The van der Waals surface area contributed by atoms with Crippen LogP contribution in [0.1, 0.15) is 36.0 Å². The lowest BCUT2D eigenvalue weighted by atomic mass is 9.95. The highest BCUT2D eigenvalue weighted by atomic mass is 19.4. The summed E-state index contributed by atoms with van der Waals surface area (Å²) in [6.45, 7) is 4.04. The molecule has 15 nitrogen and oxygen atoms in total. The molecule has 50 heavy (non-hydrogen) atoms. The number of amides is 4. The Balaban J connectivity index is 0.00000161. The first-order valence-corrected chi connectivity index (χ1v) is 15.1. The van der Waals surface area contributed by atoms with Gasteiger partial charge >= 0.3 is 12.1 Å². The average Bonchev–Trinajstić information content (AvgIpc) is 3.05. The van der Waals surface area contributed by atoms with Crippen LogP contribution in [0.5, 0.6) is 0 Å². The van der Waals surface area contributed by atoms with E-state index >= 15 is 0 Å². The zero-order valence-electron chi connectivity index (χ0n) is 27.0. The minimum absolute atomic E-state index is 0.0209. The van der Waals surface area contributed by atoms with E-state index in [4.69, 9.17) is 37.9 Å². The Morgan fingerprint density at radius 1 is 0.820 bits per heavy atom. The maximum absolute atomic E-state index is 13.6. The summed E-state index contributed by atoms with van der Waals surface area (Å²) in [5.74, 6) is -6.88. The van der Waals surface area contributed by atoms with Gasteiger partial charge in [0, 0.05) is 18.7 Å². The summed E-state index contributed by atoms with van der Waals surface area (Å²) in [4.78, 5) is 61.1. The van der Waals surface area contributed by atoms with Crippen molar-refractivity contribution in [1.29, 1.82) is 10.8 Å². The number of nitrogens with one attached hydrogen (secondary N) is 6. The molecule has 0 bridgehead atoms. The molecule has 4 amide bonds. The molecule has 2 unspecified atom stereocenters. The molecule has 272 valence electrons. The number of carbonyl (C=O) groups excluding carboxylic acids is 4. The molecule has 2 aromatic carbocycles. The summed E-state index contributed by atoms with van der Waals surface area (Å²) in [5.41, 5.74) is 18.4. The number of benzene rings is 2. The number of guanidine groups is 1. The molecule has 0 fully saturated rings. The van der Waals surface area contributed by atoms with Gasteiger partial charge in [-0.1, -0.05) is 60.7 Å². The third-order valence-electron chi connectivity index (χ3n) is 6.84. The fraction of sp³-hybridized carbons (Fsp3) is 0.344. The minimum atomic E-state index is -5.08. The smallest absolute Gasteiger partial charge is 0.475 e. The first-order valence-electron chi connectivity index (χ1n) is 15.1. The number of hydrogen-bond acceptors (Lipinski definition) is 7. The van der Waals surface area contributed by atoms with Gasteiger partial charge in [-0.2, -0.15) is 13.2 Å². The standard InChI is InChI=1S/C30H41N9O4.C2HF3O2/c1-2-16-36-27(41)22(18-20-10-13-21(14-11-20)25(31)32)28(42)39-24(15-12-19-7-4-3-5-8-19)29(43)38-23(26(33)40)9-6-17-37-30(34)35;3-2(4,5)1(6)7/h2-5,7-8,10-11,13-14,22-24H,1,6,9,12,15-18H2,(H3,31,32)(H2,33,40)(H,36,41)(H,38,43)(H,39,42)(H4,34,35,37);(H,6,7)/t22?,23-,24?;/m0./s1. The molecule has 0 heterocycles. The van der Waals surface area contributed by atoms with Gasteiger partial charge in [0.05, 0.1) is 0 Å². The number of alkyl halides is 3. The Labute approximate surface area is 286 Å². The van der Waals surface area contributed by atoms with Gasteiger partial charge < -0.3 is 43.6 Å². The SMILES string of the molecule is C=CCNC(=O)C(Cc1ccc(C(=N)N)cc1)C(=O)NC(CCc1ccccc1)C(=O)N[C@@H](CCCNC(=N)N)C(N)=O.O=C(O)C(F)(F)F. The van der Waals surface area contributed by atoms with Crippen LogP contribution in [0.15, 0.2) is 67.3 Å². The van der Waals surface area contributed by atoms with Crippen LogP contribution in [0.25, 0.3) is 0 Å². The van der Waals surface area contributed by atoms with Crippen LogP contribution in [0, 0.1) is 16.7 Å². The second kappa shape index (κ2) is 21.1. The third-order valence-corrected chi connectivity index (χ3v) is 6.84. The van der Waals surface area contributed by atoms with Crippen LogP contribution in [0.2, 0.25) is 0 Å². The van der Waals surface area contributed by atoms with Crippen LogP contribution < -0.4 is 38.5 Å². The van der Waals surface area contributed by atoms with E-state index in [9.17, 15) is 32.3 Å². The van der Waals surface area contributed by atoms with Crippen LogP contribution in [-0.2, 0) is 36.8 Å². The summed E-state index contributed by atoms with van der Waals surface area (Å²) in [6.07, 6.45) is -2.38. The number of aliphatic carboxylic acids is 1. The number of nitrogens with two attached hydrogens (primary N) is 3. The van der Waals surface area contributed by atoms with E-state index in [0.717, 1.165) is 5.56 Å². The minimum Gasteiger partial charge on any atom is -0.475 e. The Bertz CT molecular complexity index is 1490. The molecule has 0 saturated carbocycles. The molecule has 0 saturated heterocycles. The Kier molecular flexibility index (Phi) is 17.8. The molecule has 3 atom stereocenters. The summed E-state index contributed by atoms with van der Waals surface area (Å²) >= 11 is 0. The van der Waals surface area contributed by atoms with Crippen LogP contribution >= 0.6 is 0 Å². The molecular formula is C32H42F3N9O6. The van der Waals surface area contributed by atoms with E-state index in [2.05, 4.69) is 27.8 Å². The molecule has 0 aliphatic carbocycles. The summed E-state index contributed by atoms with van der Waals surface area (Å²) in [7, 11) is 0. The number of carboxylic acid groups (broad SMARTS) is 1. The highest BCUT2D eigenvalue weighted by molar-refractivity contribution is 6.02. The average molecular weight is 706 g/mol. The molecule has 13 N–H and O–H groups in total. The maximum atomic E-state index is 13.6. The van der Waals surface area contributed by atoms with Gasteiger partial charge in [-0.3, -0.25) is 30.0 Å². The third kappa shape index (κ3) is 16.2. The predicted octanol–water partition coefficient (Wildman–Crippen LogP) is 0.416. The number of carbonyl (C=O) groups is 5. The predicted molar refractivity (Wildman–Crippen MR) is 179 cm³/mol. The lowest BCUT2D eigenvalue weighted by Gasteiger charge is -2.24. The van der Waals surface area contributed by atoms with Crippen molar-refractivity contribution in [3.63, 3.8) is 0 Å². The molecule has 2 aromatic rings. The normalized spacial score (nSPS) is 12.4. The van der Waals surface area contributed by atoms with E-state index in [0.29, 0.717) is 30.5 Å². The van der Waals surface area contributed by atoms with Crippen LogP contribution in [0.3, 0.4) is 0 Å². The lowest BCUT2D eigenvalue weighted by molar-refractivity contribution is -0.192. The van der Waals surface area contributed by atoms with E-state index in [1.54, 1.807) is 24.3 Å². The van der Waals surface area contributed by atoms with Crippen molar-refractivity contribution < 1.29 is 42.3 Å². The number of nitrogen functional groups attached to an aromatic ring is 1. The van der Waals surface area contributed by atoms with Gasteiger partial charge in [-0.15, -0.1) is 6.58 Å². The van der Waals surface area contributed by atoms with Gasteiger partial charge in [0.25, 0.3) is 0 Å². The monoisotopic (exact) mass is 705 g/mol. The molecule has 0 aromatic heterocycles. The highest BCUT2D eigenvalue weighted by Crippen LogP contribution is 2.14. The van der Waals surface area contributed by atoms with Crippen molar-refractivity contribution in [1.82, 2.24) is 21.3 Å². The van der Waals surface area contributed by atoms with E-state index in [-0.39, 0.29) is 37.6 Å². The molecule has 18 heteroatoms. The largest absolute Gasteiger partial charge is 0.490 e. The number of hydrogen-bond donors (Lipinski definition) is 10. The first kappa shape index (κ1) is 42.1. The lowest BCUT2D eigenvalue weighted by Crippen LogP contribution is -2.55. The second-order valence-electron chi connectivity index (χ2n) is 10.7. The zero-order chi connectivity index (χ0) is 37.9. The van der Waals surface area contributed by atoms with Crippen LogP contribution in [0.4, 0.5) is 13.2 Å². The Morgan fingerprint density at radius 3 is 1.90 bits per heavy atom. The highest BCUT2D eigenvalue weighted by Gasteiger charge is 2.38. The molecule has 0 aliphatic heterocycles. The summed E-state index contributed by atoms with van der Waals surface area (Å²) < 4.78 is 31.7. The summed E-state index contributed by atoms with van der Waals surface area (Å²) in [5, 5.41) is 32.6. The van der Waals surface area contributed by atoms with Gasteiger partial charge in [0.15, 0.2) is 5.96 Å². The molecular weight excluding hydrogens is 663 g/mol. The van der Waals surface area contributed by atoms with Crippen molar-refractivity contribution in [2.75, 3.05) is 13.1 Å². The number of carboxylic acids is 1. The fourth-order valence-electron chi connectivity index (χ4n) is 4.24. The second-order valence-corrected chi connectivity index (χ2v) is 10.7. The Hall–Kier alpha value is -5.94. The Morgan fingerprint density at radius 2 is 1.40 bits per heavy atom. The molecule has 2 rings (SSSR count). The molecule has 0 radical (unpaired) electrons. The molecule has 0 spiro atoms. The van der Waals surface area contributed by atoms with Gasteiger partial charge in [0.2, 0.25) is 23.6 Å². The van der Waals surface area contributed by atoms with Crippen molar-refractivity contribution in [3.8, 4) is 0 Å². The van der Waals surface area contributed by atoms with Gasteiger partial charge in [0.1, 0.15) is 23.8 Å². The van der Waals surface area contributed by atoms with Gasteiger partial charge in [-0.25, -0.2) is 4.79 Å². The zero-order valence-corrected chi connectivity index (χ0v) is 27.0. The van der Waals surface area contributed by atoms with Gasteiger partial charge in [-0.05, 0) is 43.2 Å². The maximum Gasteiger partial charge on any atom is 0.490 e. The van der Waals surface area contributed by atoms with E-state index in [1.807, 2.05) is 30.3 Å². The van der Waals surface area contributed by atoms with E-state index < -0.39 is 53.8 Å². The molecule has 0 aliphatic rings. The number of amidine groups is 1. The number of primary amides is 1. The number of aryl methyl sites for hydroxylation is 1. The van der Waals surface area contributed by atoms with E-state index in [1.165, 1.54) is 6.08 Å². The van der Waals surface area contributed by atoms with Crippen molar-refractivity contribution in [2.45, 2.75) is 50.4 Å². The summed E-state index contributed by atoms with van der Waals surface area (Å²) in [6, 6.07) is 13.9. The van der Waals surface area contributed by atoms with Crippen molar-refractivity contribution in [2.24, 2.45) is 23.1 Å². The first-order chi connectivity index (χ1) is 23.5. The van der Waals surface area contributed by atoms with Crippen molar-refractivity contribution in [3.05, 3.63) is 83.9 Å². The van der Waals surface area contributed by atoms with Crippen LogP contribution in [-0.4, -0.2) is 77.8 Å². The number of rotatable bonds is 18. The fourth-order valence-corrected chi connectivity index (χ4v) is 4.24. The van der Waals surface area contributed by atoms with Crippen molar-refractivity contribution >= 4 is 41.4 Å². The topological polar surface area (TPSA) is 279 Å².